The van der Waals surface area contributed by atoms with Gasteiger partial charge < -0.3 is 19.9 Å². The van der Waals surface area contributed by atoms with Crippen LogP contribution >= 0.6 is 11.6 Å². The Morgan fingerprint density at radius 3 is 2.45 bits per heavy atom. The number of carboxylic acids is 1. The maximum absolute atomic E-state index is 13.7. The highest BCUT2D eigenvalue weighted by Gasteiger charge is 2.34. The lowest BCUT2D eigenvalue weighted by Gasteiger charge is -2.21. The van der Waals surface area contributed by atoms with Gasteiger partial charge in [-0.3, -0.25) is 23.9 Å². The van der Waals surface area contributed by atoms with Crippen LogP contribution in [-0.2, 0) is 16.1 Å². The van der Waals surface area contributed by atoms with Gasteiger partial charge in [0.2, 0.25) is 5.91 Å². The molecule has 1 aliphatic heterocycles. The van der Waals surface area contributed by atoms with Gasteiger partial charge in [0.15, 0.2) is 0 Å². The molecule has 5 rings (SSSR count). The Bertz CT molecular complexity index is 1730. The third-order valence-corrected chi connectivity index (χ3v) is 9.08. The van der Waals surface area contributed by atoms with E-state index in [1.807, 2.05) is 12.1 Å². The summed E-state index contributed by atoms with van der Waals surface area (Å²) in [6.07, 6.45) is 3.11. The number of nitrogens with zero attached hydrogens (tertiary/aromatic N) is 2. The molecule has 10 heteroatoms. The van der Waals surface area contributed by atoms with Crippen LogP contribution in [-0.4, -0.2) is 65.7 Å². The fourth-order valence-corrected chi connectivity index (χ4v) is 6.61. The average molecular weight is 660 g/mol. The molecule has 3 aromatic carbocycles. The molecule has 1 aromatic heterocycles. The van der Waals surface area contributed by atoms with Crippen molar-refractivity contribution in [2.45, 2.75) is 52.0 Å². The second-order valence-electron chi connectivity index (χ2n) is 12.2. The Labute approximate surface area is 280 Å². The smallest absolute Gasteiger partial charge is 0.311 e. The largest absolute Gasteiger partial charge is 0.497 e. The van der Waals surface area contributed by atoms with E-state index in [2.05, 4.69) is 22.3 Å². The van der Waals surface area contributed by atoms with E-state index in [1.165, 1.54) is 30.1 Å². The number of carbonyl (C=O) groups excluding carboxylic acids is 2. The van der Waals surface area contributed by atoms with Crippen LogP contribution in [0.3, 0.4) is 0 Å². The predicted octanol–water partition coefficient (Wildman–Crippen LogP) is 6.68. The molecule has 1 aliphatic rings. The van der Waals surface area contributed by atoms with Crippen LogP contribution in [0.5, 0.6) is 11.5 Å². The van der Waals surface area contributed by atoms with Crippen molar-refractivity contribution in [1.29, 1.82) is 0 Å². The molecule has 1 fully saturated rings. The van der Waals surface area contributed by atoms with Crippen LogP contribution in [0.15, 0.2) is 66.7 Å². The number of halogens is 1. The first-order valence-electron chi connectivity index (χ1n) is 16.1. The predicted molar refractivity (Wildman–Crippen MR) is 183 cm³/mol. The fourth-order valence-electron chi connectivity index (χ4n) is 6.48. The third-order valence-electron chi connectivity index (χ3n) is 8.82. The first-order valence-corrected chi connectivity index (χ1v) is 16.5. The Hall–Kier alpha value is -4.34. The number of aliphatic carboxylic acids is 1. The molecule has 1 amide bonds. The number of nitrogens with one attached hydrogen (secondary N) is 1. The summed E-state index contributed by atoms with van der Waals surface area (Å²) in [5.41, 5.74) is 3.17. The molecule has 248 valence electrons. The molecule has 0 aliphatic carbocycles. The van der Waals surface area contributed by atoms with Crippen molar-refractivity contribution in [3.05, 3.63) is 94.1 Å². The van der Waals surface area contributed by atoms with E-state index >= 15 is 0 Å². The molecule has 9 nitrogen and oxygen atoms in total. The highest BCUT2D eigenvalue weighted by atomic mass is 35.5. The molecule has 2 heterocycles. The zero-order chi connectivity index (χ0) is 33.5. The summed E-state index contributed by atoms with van der Waals surface area (Å²) in [5, 5.41) is 14.5. The number of hydrogen-bond acceptors (Lipinski definition) is 6. The van der Waals surface area contributed by atoms with Crippen molar-refractivity contribution in [1.82, 2.24) is 14.8 Å². The summed E-state index contributed by atoms with van der Waals surface area (Å²) in [6, 6.07) is 19.9. The van der Waals surface area contributed by atoms with Crippen LogP contribution in [0, 0.1) is 12.8 Å². The van der Waals surface area contributed by atoms with E-state index < -0.39 is 17.8 Å². The van der Waals surface area contributed by atoms with Gasteiger partial charge in [-0.15, -0.1) is 0 Å². The molecule has 0 bridgehead atoms. The SMILES string of the molecule is COc1ccc2c(c1)c(C(C(=O)O)C(C)CC(=O)NCCCOc1cccc(CN3CCCC3)c1)c(C)n2C(=O)c1ccc(Cl)cc1. The van der Waals surface area contributed by atoms with E-state index in [0.717, 1.165) is 25.4 Å². The Morgan fingerprint density at radius 1 is 1.00 bits per heavy atom. The molecular formula is C37H42ClN3O6. The number of rotatable bonds is 14. The fraction of sp³-hybridized carbons (Fsp3) is 0.378. The lowest BCUT2D eigenvalue weighted by molar-refractivity contribution is -0.140. The molecule has 0 radical (unpaired) electrons. The Morgan fingerprint density at radius 2 is 1.74 bits per heavy atom. The standard InChI is InChI=1S/C37H42ClN3O6/c1-24(20-33(42)39-16-7-19-47-30-9-6-8-26(21-30)23-40-17-4-5-18-40)34(37(44)45)35-25(2)41(32-15-14-29(46-3)22-31(32)35)36(43)27-10-12-28(38)13-11-27/h6,8-15,21-22,24,34H,4-5,7,16-20,23H2,1-3H3,(H,39,42)(H,44,45). The number of ether oxygens (including phenoxy) is 2. The van der Waals surface area contributed by atoms with Crippen molar-refractivity contribution in [2.24, 2.45) is 5.92 Å². The monoisotopic (exact) mass is 659 g/mol. The van der Waals surface area contributed by atoms with Crippen molar-refractivity contribution < 1.29 is 29.0 Å². The zero-order valence-electron chi connectivity index (χ0n) is 27.1. The molecule has 0 spiro atoms. The molecule has 1 saturated heterocycles. The normalized spacial score (nSPS) is 14.6. The second kappa shape index (κ2) is 15.5. The first kappa shape index (κ1) is 34.0. The second-order valence-corrected chi connectivity index (χ2v) is 12.6. The molecule has 47 heavy (non-hydrogen) atoms. The van der Waals surface area contributed by atoms with Gasteiger partial charge in [0, 0.05) is 41.2 Å². The van der Waals surface area contributed by atoms with E-state index in [9.17, 15) is 19.5 Å². The Balaban J connectivity index is 1.24. The average Bonchev–Trinajstić information content (AvgIpc) is 3.66. The van der Waals surface area contributed by atoms with Gasteiger partial charge in [-0.1, -0.05) is 30.7 Å². The topological polar surface area (TPSA) is 110 Å². The van der Waals surface area contributed by atoms with Crippen LogP contribution in [0.4, 0.5) is 0 Å². The lowest BCUT2D eigenvalue weighted by Crippen LogP contribution is -2.30. The van der Waals surface area contributed by atoms with Gasteiger partial charge in [0.05, 0.1) is 25.2 Å². The van der Waals surface area contributed by atoms with Gasteiger partial charge in [0.25, 0.3) is 5.91 Å². The van der Waals surface area contributed by atoms with Crippen molar-refractivity contribution in [3.63, 3.8) is 0 Å². The van der Waals surface area contributed by atoms with Crippen LogP contribution in [0.2, 0.25) is 5.02 Å². The summed E-state index contributed by atoms with van der Waals surface area (Å²) < 4.78 is 12.9. The van der Waals surface area contributed by atoms with Gasteiger partial charge in [-0.2, -0.15) is 0 Å². The van der Waals surface area contributed by atoms with Gasteiger partial charge in [-0.05, 0) is 111 Å². The van der Waals surface area contributed by atoms with Crippen LogP contribution < -0.4 is 14.8 Å². The quantitative estimate of drug-likeness (QED) is 0.145. The van der Waals surface area contributed by atoms with Crippen molar-refractivity contribution >= 4 is 40.3 Å². The summed E-state index contributed by atoms with van der Waals surface area (Å²) in [4.78, 5) is 42.0. The van der Waals surface area contributed by atoms with Gasteiger partial charge in [0.1, 0.15) is 11.5 Å². The van der Waals surface area contributed by atoms with Crippen LogP contribution in [0.1, 0.15) is 65.7 Å². The summed E-state index contributed by atoms with van der Waals surface area (Å²) in [7, 11) is 1.53. The highest BCUT2D eigenvalue weighted by molar-refractivity contribution is 6.30. The summed E-state index contributed by atoms with van der Waals surface area (Å²) in [6.45, 7) is 7.54. The third kappa shape index (κ3) is 8.15. The van der Waals surface area contributed by atoms with Gasteiger partial charge >= 0.3 is 5.97 Å². The van der Waals surface area contributed by atoms with Crippen LogP contribution in [0.25, 0.3) is 10.9 Å². The number of fused-ring (bicyclic) bond motifs is 1. The number of amides is 1. The lowest BCUT2D eigenvalue weighted by atomic mass is 9.83. The zero-order valence-corrected chi connectivity index (χ0v) is 27.9. The number of benzene rings is 3. The number of hydrogen-bond donors (Lipinski definition) is 2. The molecule has 2 unspecified atom stereocenters. The highest BCUT2D eigenvalue weighted by Crippen LogP contribution is 2.39. The number of carboxylic acid groups (broad SMARTS) is 1. The van der Waals surface area contributed by atoms with E-state index in [0.29, 0.717) is 58.1 Å². The maximum atomic E-state index is 13.7. The summed E-state index contributed by atoms with van der Waals surface area (Å²) >= 11 is 6.04. The minimum Gasteiger partial charge on any atom is -0.497 e. The number of likely N-dealkylation sites (tertiary alicyclic amines) is 1. The molecule has 2 N–H and O–H groups in total. The van der Waals surface area contributed by atoms with E-state index in [-0.39, 0.29) is 18.2 Å². The summed E-state index contributed by atoms with van der Waals surface area (Å²) in [5.74, 6) is -1.91. The molecule has 0 saturated carbocycles. The maximum Gasteiger partial charge on any atom is 0.311 e. The van der Waals surface area contributed by atoms with Crippen molar-refractivity contribution in [3.8, 4) is 11.5 Å². The first-order chi connectivity index (χ1) is 22.7. The number of methoxy groups -OCH3 is 1. The minimum atomic E-state index is -1.07. The molecular weight excluding hydrogens is 618 g/mol. The van der Waals surface area contributed by atoms with E-state index in [1.54, 1.807) is 56.3 Å². The minimum absolute atomic E-state index is 0.00240. The number of carbonyl (C=O) groups is 3. The Kier molecular flexibility index (Phi) is 11.2. The van der Waals surface area contributed by atoms with E-state index in [4.69, 9.17) is 21.1 Å². The molecule has 2 atom stereocenters. The number of aromatic nitrogens is 1. The molecule has 4 aromatic rings. The van der Waals surface area contributed by atoms with Crippen molar-refractivity contribution in [2.75, 3.05) is 33.4 Å². The van der Waals surface area contributed by atoms with Gasteiger partial charge in [-0.25, -0.2) is 0 Å².